The highest BCUT2D eigenvalue weighted by Crippen LogP contribution is 2.17. The van der Waals surface area contributed by atoms with Gasteiger partial charge in [0, 0.05) is 11.7 Å². The largest absolute Gasteiger partial charge is 0.379 e. The molecular formula is C13H18N2O2. The lowest BCUT2D eigenvalue weighted by molar-refractivity contribution is -0.120. The molecule has 0 spiro atoms. The number of amides is 1. The fraction of sp³-hybridized carbons (Fsp3) is 0.462. The molecule has 1 aromatic rings. The van der Waals surface area contributed by atoms with Crippen LogP contribution in [0.4, 0.5) is 5.69 Å². The predicted molar refractivity (Wildman–Crippen MR) is 66.8 cm³/mol. The Bertz CT molecular complexity index is 431. The van der Waals surface area contributed by atoms with Gasteiger partial charge >= 0.3 is 0 Å². The average molecular weight is 234 g/mol. The molecule has 1 amide bonds. The molecule has 1 fully saturated rings. The van der Waals surface area contributed by atoms with Gasteiger partial charge in [-0.3, -0.25) is 4.79 Å². The molecule has 1 heterocycles. The van der Waals surface area contributed by atoms with Gasteiger partial charge in [-0.2, -0.15) is 0 Å². The van der Waals surface area contributed by atoms with E-state index in [2.05, 4.69) is 5.32 Å². The number of benzene rings is 1. The molecule has 1 aliphatic heterocycles. The van der Waals surface area contributed by atoms with Crippen molar-refractivity contribution in [2.75, 3.05) is 18.5 Å². The second-order valence-corrected chi connectivity index (χ2v) is 4.60. The van der Waals surface area contributed by atoms with Crippen LogP contribution in [-0.4, -0.2) is 25.2 Å². The molecule has 4 nitrogen and oxygen atoms in total. The molecule has 3 N–H and O–H groups in total. The number of rotatable bonds is 2. The van der Waals surface area contributed by atoms with Crippen molar-refractivity contribution in [3.05, 3.63) is 29.3 Å². The quantitative estimate of drug-likeness (QED) is 0.808. The summed E-state index contributed by atoms with van der Waals surface area (Å²) in [5.74, 6) is -0.296. The zero-order valence-electron chi connectivity index (χ0n) is 10.2. The van der Waals surface area contributed by atoms with Gasteiger partial charge in [0.05, 0.1) is 19.1 Å². The molecule has 1 aromatic carbocycles. The number of carbonyl (C=O) groups excluding carboxylic acids is 1. The summed E-state index contributed by atoms with van der Waals surface area (Å²) in [6, 6.07) is 5.67. The fourth-order valence-electron chi connectivity index (χ4n) is 1.90. The van der Waals surface area contributed by atoms with Crippen molar-refractivity contribution < 1.29 is 9.53 Å². The fourth-order valence-corrected chi connectivity index (χ4v) is 1.90. The Balaban J connectivity index is 2.05. The Morgan fingerprint density at radius 3 is 2.71 bits per heavy atom. The van der Waals surface area contributed by atoms with Crippen LogP contribution in [0, 0.1) is 19.8 Å². The van der Waals surface area contributed by atoms with E-state index >= 15 is 0 Å². The van der Waals surface area contributed by atoms with Gasteiger partial charge in [-0.05, 0) is 37.1 Å². The van der Waals surface area contributed by atoms with Crippen molar-refractivity contribution in [2.24, 2.45) is 11.7 Å². The van der Waals surface area contributed by atoms with E-state index in [4.69, 9.17) is 10.5 Å². The minimum absolute atomic E-state index is 0.0572. The highest BCUT2D eigenvalue weighted by molar-refractivity contribution is 5.93. The first kappa shape index (κ1) is 12.1. The van der Waals surface area contributed by atoms with Crippen LogP contribution >= 0.6 is 0 Å². The van der Waals surface area contributed by atoms with Gasteiger partial charge in [-0.25, -0.2) is 0 Å². The molecule has 2 unspecified atom stereocenters. The molecule has 92 valence electrons. The van der Waals surface area contributed by atoms with Crippen molar-refractivity contribution in [1.82, 2.24) is 0 Å². The third kappa shape index (κ3) is 2.65. The minimum Gasteiger partial charge on any atom is -0.379 e. The topological polar surface area (TPSA) is 64.3 Å². The summed E-state index contributed by atoms with van der Waals surface area (Å²) in [4.78, 5) is 12.0. The SMILES string of the molecule is Cc1ccc(NC(=O)C2COCC2N)cc1C. The number of hydrogen-bond donors (Lipinski definition) is 2. The Kier molecular flexibility index (Phi) is 3.45. The maximum Gasteiger partial charge on any atom is 0.231 e. The Labute approximate surface area is 101 Å². The molecule has 17 heavy (non-hydrogen) atoms. The monoisotopic (exact) mass is 234 g/mol. The minimum atomic E-state index is -0.239. The van der Waals surface area contributed by atoms with E-state index in [1.807, 2.05) is 32.0 Å². The van der Waals surface area contributed by atoms with Crippen molar-refractivity contribution in [3.63, 3.8) is 0 Å². The van der Waals surface area contributed by atoms with Crippen molar-refractivity contribution in [1.29, 1.82) is 0 Å². The van der Waals surface area contributed by atoms with E-state index in [1.54, 1.807) is 0 Å². The maximum atomic E-state index is 12.0. The highest BCUT2D eigenvalue weighted by atomic mass is 16.5. The van der Waals surface area contributed by atoms with E-state index in [-0.39, 0.29) is 17.9 Å². The number of aryl methyl sites for hydroxylation is 2. The molecule has 0 aromatic heterocycles. The van der Waals surface area contributed by atoms with Gasteiger partial charge in [-0.15, -0.1) is 0 Å². The number of ether oxygens (including phenoxy) is 1. The molecule has 1 aliphatic rings. The van der Waals surface area contributed by atoms with Gasteiger partial charge < -0.3 is 15.8 Å². The number of nitrogens with one attached hydrogen (secondary N) is 1. The standard InChI is InChI=1S/C13H18N2O2/c1-8-3-4-10(5-9(8)2)15-13(16)11-6-17-7-12(11)14/h3-5,11-12H,6-7,14H2,1-2H3,(H,15,16). The molecule has 4 heteroatoms. The lowest BCUT2D eigenvalue weighted by atomic mass is 10.0. The molecule has 1 saturated heterocycles. The van der Waals surface area contributed by atoms with Crippen molar-refractivity contribution in [2.45, 2.75) is 19.9 Å². The van der Waals surface area contributed by atoms with Gasteiger partial charge in [0.15, 0.2) is 0 Å². The van der Waals surface area contributed by atoms with Crippen molar-refractivity contribution >= 4 is 11.6 Å². The number of nitrogens with two attached hydrogens (primary N) is 1. The Morgan fingerprint density at radius 1 is 1.35 bits per heavy atom. The molecule has 2 rings (SSSR count). The zero-order valence-corrected chi connectivity index (χ0v) is 10.2. The Hall–Kier alpha value is -1.39. The zero-order chi connectivity index (χ0) is 12.4. The van der Waals surface area contributed by atoms with Crippen LogP contribution in [0.5, 0.6) is 0 Å². The van der Waals surface area contributed by atoms with E-state index < -0.39 is 0 Å². The van der Waals surface area contributed by atoms with Crippen LogP contribution in [0.2, 0.25) is 0 Å². The maximum absolute atomic E-state index is 12.0. The van der Waals surface area contributed by atoms with Crippen LogP contribution < -0.4 is 11.1 Å². The van der Waals surface area contributed by atoms with Gasteiger partial charge in [-0.1, -0.05) is 6.07 Å². The summed E-state index contributed by atoms with van der Waals surface area (Å²) < 4.78 is 5.19. The van der Waals surface area contributed by atoms with E-state index in [1.165, 1.54) is 5.56 Å². The van der Waals surface area contributed by atoms with Crippen LogP contribution in [0.1, 0.15) is 11.1 Å². The number of hydrogen-bond acceptors (Lipinski definition) is 3. The van der Waals surface area contributed by atoms with E-state index in [0.29, 0.717) is 13.2 Å². The van der Waals surface area contributed by atoms with E-state index in [0.717, 1.165) is 11.3 Å². The van der Waals surface area contributed by atoms with Crippen LogP contribution in [-0.2, 0) is 9.53 Å². The summed E-state index contributed by atoms with van der Waals surface area (Å²) in [7, 11) is 0. The first-order valence-corrected chi connectivity index (χ1v) is 5.79. The van der Waals surface area contributed by atoms with Gasteiger partial charge in [0.2, 0.25) is 5.91 Å². The number of anilines is 1. The molecule has 0 saturated carbocycles. The first-order valence-electron chi connectivity index (χ1n) is 5.79. The molecular weight excluding hydrogens is 216 g/mol. The average Bonchev–Trinajstić information content (AvgIpc) is 2.70. The summed E-state index contributed by atoms with van der Waals surface area (Å²) in [6.07, 6.45) is 0. The Morgan fingerprint density at radius 2 is 2.12 bits per heavy atom. The second-order valence-electron chi connectivity index (χ2n) is 4.60. The van der Waals surface area contributed by atoms with Gasteiger partial charge in [0.1, 0.15) is 0 Å². The van der Waals surface area contributed by atoms with Crippen LogP contribution in [0.3, 0.4) is 0 Å². The van der Waals surface area contributed by atoms with Crippen LogP contribution in [0.25, 0.3) is 0 Å². The molecule has 0 bridgehead atoms. The summed E-state index contributed by atoms with van der Waals surface area (Å²) >= 11 is 0. The molecule has 0 aliphatic carbocycles. The van der Waals surface area contributed by atoms with Crippen molar-refractivity contribution in [3.8, 4) is 0 Å². The normalized spacial score (nSPS) is 23.7. The molecule has 2 atom stereocenters. The van der Waals surface area contributed by atoms with E-state index in [9.17, 15) is 4.79 Å². The third-order valence-corrected chi connectivity index (χ3v) is 3.24. The van der Waals surface area contributed by atoms with Gasteiger partial charge in [0.25, 0.3) is 0 Å². The second kappa shape index (κ2) is 4.85. The number of carbonyl (C=O) groups is 1. The summed E-state index contributed by atoms with van der Waals surface area (Å²) in [5.41, 5.74) is 8.99. The highest BCUT2D eigenvalue weighted by Gasteiger charge is 2.31. The van der Waals surface area contributed by atoms with Crippen LogP contribution in [0.15, 0.2) is 18.2 Å². The third-order valence-electron chi connectivity index (χ3n) is 3.24. The lowest BCUT2D eigenvalue weighted by Gasteiger charge is -2.14. The summed E-state index contributed by atoms with van der Waals surface area (Å²) in [6.45, 7) is 4.94. The first-order chi connectivity index (χ1) is 8.08. The molecule has 0 radical (unpaired) electrons. The predicted octanol–water partition coefficient (Wildman–Crippen LogP) is 1.22. The summed E-state index contributed by atoms with van der Waals surface area (Å²) in [5, 5.41) is 2.88. The smallest absolute Gasteiger partial charge is 0.231 e. The lowest BCUT2D eigenvalue weighted by Crippen LogP contribution is -2.37.